The van der Waals surface area contributed by atoms with E-state index in [0.29, 0.717) is 24.3 Å². The van der Waals surface area contributed by atoms with Crippen molar-refractivity contribution in [3.8, 4) is 108 Å². The van der Waals surface area contributed by atoms with Gasteiger partial charge in [-0.05, 0) is 151 Å². The molecular formula is C109H73N9O. The quantitative estimate of drug-likeness (QED) is 0.134. The smallest absolute Gasteiger partial charge is 0.235 e. The Kier molecular flexibility index (Phi) is 14.0. The van der Waals surface area contributed by atoms with Crippen LogP contribution in [0, 0.1) is 0 Å². The van der Waals surface area contributed by atoms with Crippen LogP contribution in [0.15, 0.2) is 344 Å². The van der Waals surface area contributed by atoms with Crippen molar-refractivity contribution < 1.29 is 4.42 Å². The van der Waals surface area contributed by atoms with Crippen LogP contribution in [0.25, 0.3) is 206 Å². The Morgan fingerprint density at radius 1 is 0.269 bits per heavy atom. The van der Waals surface area contributed by atoms with Crippen LogP contribution >= 0.6 is 0 Å². The predicted molar refractivity (Wildman–Crippen MR) is 485 cm³/mol. The maximum atomic E-state index is 7.13. The van der Waals surface area contributed by atoms with E-state index in [2.05, 4.69) is 388 Å². The summed E-state index contributed by atoms with van der Waals surface area (Å²) >= 11 is 0. The molecule has 0 fully saturated rings. The number of para-hydroxylation sites is 2. The lowest BCUT2D eigenvalue weighted by Crippen LogP contribution is -2.24. The molecule has 0 amide bonds. The van der Waals surface area contributed by atoms with Gasteiger partial charge >= 0.3 is 0 Å². The van der Waals surface area contributed by atoms with Crippen molar-refractivity contribution in [2.24, 2.45) is 0 Å². The van der Waals surface area contributed by atoms with E-state index < -0.39 is 5.41 Å². The average Bonchev–Trinajstić information content (AvgIpc) is 1.53. The van der Waals surface area contributed by atoms with Crippen LogP contribution in [0.1, 0.15) is 73.6 Å². The third kappa shape index (κ3) is 9.59. The Balaban J connectivity index is 0.608. The van der Waals surface area contributed by atoms with Gasteiger partial charge in [-0.3, -0.25) is 13.7 Å². The second-order valence-electron chi connectivity index (χ2n) is 33.8. The van der Waals surface area contributed by atoms with E-state index in [1.165, 1.54) is 77.2 Å². The molecule has 119 heavy (non-hydrogen) atoms. The highest BCUT2D eigenvalue weighted by Crippen LogP contribution is 2.60. The molecule has 22 aromatic rings. The number of nitrogens with zero attached hydrogens (tertiary/aromatic N) is 9. The normalized spacial score (nSPS) is 14.8. The molecule has 0 bridgehead atoms. The molecule has 0 saturated heterocycles. The summed E-state index contributed by atoms with van der Waals surface area (Å²) in [4.78, 5) is 33.9. The van der Waals surface area contributed by atoms with Crippen molar-refractivity contribution in [2.75, 3.05) is 0 Å². The Bertz CT molecular complexity index is 8160. The number of fused-ring (bicyclic) bond motifs is 24. The summed E-state index contributed by atoms with van der Waals surface area (Å²) in [6.07, 6.45) is 0.710. The molecular weight excluding hydrogens is 1450 g/mol. The highest BCUT2D eigenvalue weighted by molar-refractivity contribution is 6.23. The van der Waals surface area contributed by atoms with E-state index >= 15 is 0 Å². The molecule has 0 radical (unpaired) electrons. The fourth-order valence-corrected chi connectivity index (χ4v) is 21.2. The summed E-state index contributed by atoms with van der Waals surface area (Å²) < 4.78 is 14.2. The monoisotopic (exact) mass is 1520 g/mol. The molecule has 3 aliphatic rings. The van der Waals surface area contributed by atoms with E-state index in [-0.39, 0.29) is 10.8 Å². The Labute approximate surface area is 685 Å². The zero-order valence-electron chi connectivity index (χ0n) is 66.0. The molecule has 1 atom stereocenters. The van der Waals surface area contributed by atoms with Gasteiger partial charge in [0.1, 0.15) is 11.2 Å². The van der Waals surface area contributed by atoms with Gasteiger partial charge in [0.05, 0.1) is 67.3 Å². The van der Waals surface area contributed by atoms with Crippen LogP contribution in [0.2, 0.25) is 0 Å². The Morgan fingerprint density at radius 2 is 0.723 bits per heavy atom. The zero-order chi connectivity index (χ0) is 78.9. The van der Waals surface area contributed by atoms with Crippen LogP contribution in [-0.2, 0) is 22.7 Å². The maximum absolute atomic E-state index is 7.13. The number of hydrogen-bond donors (Lipinski definition) is 0. The zero-order valence-corrected chi connectivity index (χ0v) is 66.0. The molecule has 1 unspecified atom stereocenters. The lowest BCUT2D eigenvalue weighted by Gasteiger charge is -2.28. The van der Waals surface area contributed by atoms with Crippen LogP contribution < -0.4 is 0 Å². The third-order valence-corrected chi connectivity index (χ3v) is 26.4. The summed E-state index contributed by atoms with van der Waals surface area (Å²) in [5.74, 6) is 1.88. The highest BCUT2D eigenvalue weighted by atomic mass is 16.3. The first kappa shape index (κ1) is 67.3. The minimum atomic E-state index is -0.495. The molecule has 3 aliphatic carbocycles. The maximum Gasteiger partial charge on any atom is 0.235 e. The van der Waals surface area contributed by atoms with E-state index in [1.807, 2.05) is 0 Å². The van der Waals surface area contributed by atoms with Gasteiger partial charge in [0.2, 0.25) is 17.8 Å². The minimum Gasteiger partial charge on any atom is -0.456 e. The van der Waals surface area contributed by atoms with Gasteiger partial charge in [-0.2, -0.15) is 0 Å². The highest BCUT2D eigenvalue weighted by Gasteiger charge is 2.47. The summed E-state index contributed by atoms with van der Waals surface area (Å²) in [6.45, 7) is 11.9. The number of rotatable bonds is 10. The molecule has 15 aromatic carbocycles. The summed E-state index contributed by atoms with van der Waals surface area (Å²) in [5, 5.41) is 11.0. The number of hydrogen-bond acceptors (Lipinski definition) is 7. The van der Waals surface area contributed by atoms with Crippen molar-refractivity contribution in [3.05, 3.63) is 379 Å². The van der Waals surface area contributed by atoms with Crippen molar-refractivity contribution in [1.29, 1.82) is 0 Å². The second kappa shape index (κ2) is 24.8. The van der Waals surface area contributed by atoms with Gasteiger partial charge < -0.3 is 4.42 Å². The molecule has 10 nitrogen and oxygen atoms in total. The summed E-state index contributed by atoms with van der Waals surface area (Å²) in [7, 11) is 0. The average molecular weight is 1520 g/mol. The largest absolute Gasteiger partial charge is 0.456 e. The molecule has 0 aliphatic heterocycles. The minimum absolute atomic E-state index is 0.269. The van der Waals surface area contributed by atoms with Gasteiger partial charge in [0, 0.05) is 92.7 Å². The number of benzene rings is 15. The van der Waals surface area contributed by atoms with Crippen LogP contribution in [-0.4, -0.2) is 43.6 Å². The second-order valence-corrected chi connectivity index (χ2v) is 33.8. The fourth-order valence-electron chi connectivity index (χ4n) is 21.2. The van der Waals surface area contributed by atoms with Crippen LogP contribution in [0.4, 0.5) is 0 Å². The Morgan fingerprint density at radius 3 is 1.36 bits per heavy atom. The molecule has 0 N–H and O–H groups in total. The first-order valence-electron chi connectivity index (χ1n) is 41.1. The lowest BCUT2D eigenvalue weighted by molar-refractivity contribution is 0.588. The summed E-state index contributed by atoms with van der Waals surface area (Å²) in [6, 6.07) is 123. The van der Waals surface area contributed by atoms with Gasteiger partial charge in [-0.1, -0.05) is 302 Å². The first-order chi connectivity index (χ1) is 58.4. The van der Waals surface area contributed by atoms with Gasteiger partial charge in [0.15, 0.2) is 0 Å². The van der Waals surface area contributed by atoms with Crippen molar-refractivity contribution in [2.45, 2.75) is 57.3 Å². The van der Waals surface area contributed by atoms with Crippen molar-refractivity contribution >= 4 is 98.1 Å². The first-order valence-corrected chi connectivity index (χ1v) is 41.1. The van der Waals surface area contributed by atoms with Gasteiger partial charge in [0.25, 0.3) is 0 Å². The molecule has 7 aromatic heterocycles. The van der Waals surface area contributed by atoms with Crippen molar-refractivity contribution in [3.63, 3.8) is 0 Å². The van der Waals surface area contributed by atoms with E-state index in [0.717, 1.165) is 150 Å². The van der Waals surface area contributed by atoms with Crippen LogP contribution in [0.3, 0.4) is 0 Å². The van der Waals surface area contributed by atoms with E-state index in [1.54, 1.807) is 0 Å². The molecule has 7 heterocycles. The molecule has 560 valence electrons. The molecule has 0 spiro atoms. The molecule has 10 heteroatoms. The summed E-state index contributed by atoms with van der Waals surface area (Å²) in [5.41, 5.74) is 32.0. The fraction of sp³-hybridized carbons (Fsp3) is 0.0826. The number of aromatic nitrogens is 9. The van der Waals surface area contributed by atoms with Gasteiger partial charge in [-0.15, -0.1) is 0 Å². The molecule has 25 rings (SSSR count). The Hall–Kier alpha value is -15.0. The van der Waals surface area contributed by atoms with E-state index in [4.69, 9.17) is 34.3 Å². The van der Waals surface area contributed by atoms with Crippen molar-refractivity contribution in [1.82, 2.24) is 43.6 Å². The number of furan rings is 1. The standard InChI is InChI=1S/C109H73N9O/c1-107(2)81-43-22-17-38-73(81)102-96(107)92-72-37-16-15-31-65(72)51-55-88(92)117(102)105-110-84-46-25-20-41-76(84)100(115-105)71-36-27-28-63(58-71)62-109(5)83-45-24-19-40-75(83)101-95(109)77-42-21-26-47-87(77)116(101)104-111-86-54-50-69(60-80(86)99(113-104)67-34-13-8-14-35-67)70-48-52-78-91(61-70)119-90-57-56-89-94(93(78)90)97-103(74-39-18-23-44-82(74)108(97,3)4)118(89)106-112-85-53-49-68(64-29-9-6-10-30-64)59-79(85)98(114-106)66-32-11-7-12-33-66/h6-61H,62H2,1-5H3. The topological polar surface area (TPSA) is 105 Å². The van der Waals surface area contributed by atoms with Gasteiger partial charge in [-0.25, -0.2) is 29.9 Å². The third-order valence-electron chi connectivity index (χ3n) is 26.4. The van der Waals surface area contributed by atoms with E-state index in [9.17, 15) is 0 Å². The predicted octanol–water partition coefficient (Wildman–Crippen LogP) is 26.9. The SMILES string of the molecule is CC1(C)c2ccccc2-c2c1c1c3ccccc3ccc1n2-c1nc(-c2cccc(CC3(C)c4ccccc4-c4c3c3ccccc3n4-c3nc(-c4ccccc4)c4cc(-c5ccc6c(c5)oc5ccc7c(c8c(n7-c7nc(-c9ccccc9)c9cc(-c%10ccccc%10)ccc9n7)-c7ccccc7C8(C)C)c56)ccc4n3)c2)c2ccccc2n1. The lowest BCUT2D eigenvalue weighted by atomic mass is 9.74. The van der Waals surface area contributed by atoms with Crippen LogP contribution in [0.5, 0.6) is 0 Å². The molecule has 0 saturated carbocycles.